The number of para-hydroxylation sites is 1. The molecule has 0 radical (unpaired) electrons. The van der Waals surface area contributed by atoms with E-state index in [-0.39, 0.29) is 22.6 Å². The molecule has 162 valence electrons. The summed E-state index contributed by atoms with van der Waals surface area (Å²) >= 11 is 7.11. The number of halogens is 1. The largest absolute Gasteiger partial charge is 0.312 e. The molecule has 1 aromatic heterocycles. The summed E-state index contributed by atoms with van der Waals surface area (Å²) in [4.78, 5) is 36.9. The van der Waals surface area contributed by atoms with E-state index in [1.807, 2.05) is 0 Å². The van der Waals surface area contributed by atoms with Crippen molar-refractivity contribution in [1.82, 2.24) is 10.2 Å². The number of carbonyl (C=O) groups is 2. The number of amides is 2. The van der Waals surface area contributed by atoms with Gasteiger partial charge in [0, 0.05) is 41.7 Å². The van der Waals surface area contributed by atoms with Gasteiger partial charge in [-0.05, 0) is 36.4 Å². The first-order valence-electron chi connectivity index (χ1n) is 9.52. The van der Waals surface area contributed by atoms with Crippen LogP contribution in [0.1, 0.15) is 22.9 Å². The van der Waals surface area contributed by atoms with E-state index in [2.05, 4.69) is 15.5 Å². The second kappa shape index (κ2) is 9.25. The SMILES string of the molecule is O=C(/C=C/c1ccccc1[N+](=O)[O-])Nc1nnc(C2CC(=O)N(c3ccc(Cl)cc3)C2)s1. The summed E-state index contributed by atoms with van der Waals surface area (Å²) in [5.74, 6) is -0.648. The lowest BCUT2D eigenvalue weighted by atomic mass is 10.1. The van der Waals surface area contributed by atoms with Crippen LogP contribution in [0.15, 0.2) is 54.6 Å². The van der Waals surface area contributed by atoms with Crippen molar-refractivity contribution < 1.29 is 14.5 Å². The van der Waals surface area contributed by atoms with E-state index in [9.17, 15) is 19.7 Å². The summed E-state index contributed by atoms with van der Waals surface area (Å²) in [6, 6.07) is 13.2. The van der Waals surface area contributed by atoms with Crippen molar-refractivity contribution >= 4 is 57.3 Å². The Bertz CT molecular complexity index is 1210. The van der Waals surface area contributed by atoms with Gasteiger partial charge >= 0.3 is 0 Å². The fourth-order valence-corrected chi connectivity index (χ4v) is 4.26. The fraction of sp³-hybridized carbons (Fsp3) is 0.143. The molecule has 2 aromatic carbocycles. The van der Waals surface area contributed by atoms with E-state index in [4.69, 9.17) is 11.6 Å². The van der Waals surface area contributed by atoms with Crippen LogP contribution in [0.3, 0.4) is 0 Å². The molecule has 1 atom stereocenters. The summed E-state index contributed by atoms with van der Waals surface area (Å²) < 4.78 is 0. The van der Waals surface area contributed by atoms with Crippen LogP contribution in [0.2, 0.25) is 5.02 Å². The Morgan fingerprint density at radius 2 is 1.97 bits per heavy atom. The van der Waals surface area contributed by atoms with Crippen molar-refractivity contribution in [3.05, 3.63) is 80.3 Å². The third-order valence-electron chi connectivity index (χ3n) is 4.83. The number of nitrogens with one attached hydrogen (secondary N) is 1. The number of rotatable bonds is 6. The Labute approximate surface area is 191 Å². The van der Waals surface area contributed by atoms with E-state index in [1.165, 1.54) is 29.6 Å². The van der Waals surface area contributed by atoms with Crippen LogP contribution in [0, 0.1) is 10.1 Å². The fourth-order valence-electron chi connectivity index (χ4n) is 3.30. The van der Waals surface area contributed by atoms with Crippen molar-refractivity contribution in [1.29, 1.82) is 0 Å². The Balaban J connectivity index is 1.40. The predicted octanol–water partition coefficient (Wildman–Crippen LogP) is 4.27. The molecule has 4 rings (SSSR count). The average Bonchev–Trinajstić information content (AvgIpc) is 3.39. The highest BCUT2D eigenvalue weighted by Gasteiger charge is 2.34. The molecule has 11 heteroatoms. The van der Waals surface area contributed by atoms with Gasteiger partial charge in [0.05, 0.1) is 10.5 Å². The molecule has 1 unspecified atom stereocenters. The van der Waals surface area contributed by atoms with E-state index < -0.39 is 10.8 Å². The summed E-state index contributed by atoms with van der Waals surface area (Å²) in [6.45, 7) is 0.459. The van der Waals surface area contributed by atoms with Crippen LogP contribution < -0.4 is 10.2 Å². The molecule has 0 spiro atoms. The zero-order valence-corrected chi connectivity index (χ0v) is 18.0. The Morgan fingerprint density at radius 1 is 1.22 bits per heavy atom. The average molecular weight is 470 g/mol. The number of carbonyl (C=O) groups excluding carboxylic acids is 2. The Morgan fingerprint density at radius 3 is 2.72 bits per heavy atom. The van der Waals surface area contributed by atoms with Crippen molar-refractivity contribution in [3.63, 3.8) is 0 Å². The quantitative estimate of drug-likeness (QED) is 0.327. The molecule has 1 aliphatic rings. The number of hydrogen-bond donors (Lipinski definition) is 1. The van der Waals surface area contributed by atoms with Gasteiger partial charge in [-0.2, -0.15) is 0 Å². The molecule has 2 amide bonds. The van der Waals surface area contributed by atoms with E-state index >= 15 is 0 Å². The van der Waals surface area contributed by atoms with Gasteiger partial charge in [-0.3, -0.25) is 25.0 Å². The number of nitrogens with zero attached hydrogens (tertiary/aromatic N) is 4. The van der Waals surface area contributed by atoms with Gasteiger partial charge in [-0.15, -0.1) is 10.2 Å². The van der Waals surface area contributed by atoms with Crippen molar-refractivity contribution in [2.24, 2.45) is 0 Å². The van der Waals surface area contributed by atoms with Gasteiger partial charge in [0.1, 0.15) is 5.01 Å². The minimum absolute atomic E-state index is 0.0227. The maximum absolute atomic E-state index is 12.4. The van der Waals surface area contributed by atoms with E-state index in [0.29, 0.717) is 28.6 Å². The summed E-state index contributed by atoms with van der Waals surface area (Å²) in [5, 5.41) is 23.3. The van der Waals surface area contributed by atoms with Gasteiger partial charge in [0.2, 0.25) is 16.9 Å². The maximum Gasteiger partial charge on any atom is 0.276 e. The highest BCUT2D eigenvalue weighted by Crippen LogP contribution is 2.34. The van der Waals surface area contributed by atoms with E-state index in [0.717, 1.165) is 5.69 Å². The number of nitro benzene ring substituents is 1. The predicted molar refractivity (Wildman–Crippen MR) is 122 cm³/mol. The first-order valence-corrected chi connectivity index (χ1v) is 10.7. The third-order valence-corrected chi connectivity index (χ3v) is 6.08. The van der Waals surface area contributed by atoms with Gasteiger partial charge in [-0.25, -0.2) is 0 Å². The monoisotopic (exact) mass is 469 g/mol. The normalized spacial score (nSPS) is 16.0. The lowest BCUT2D eigenvalue weighted by Crippen LogP contribution is -2.24. The zero-order chi connectivity index (χ0) is 22.7. The van der Waals surface area contributed by atoms with E-state index in [1.54, 1.807) is 47.4 Å². The molecule has 1 saturated heterocycles. The number of hydrogen-bond acceptors (Lipinski definition) is 7. The molecule has 32 heavy (non-hydrogen) atoms. The third kappa shape index (κ3) is 4.82. The number of aromatic nitrogens is 2. The Kier molecular flexibility index (Phi) is 6.24. The highest BCUT2D eigenvalue weighted by atomic mass is 35.5. The minimum atomic E-state index is -0.509. The summed E-state index contributed by atoms with van der Waals surface area (Å²) in [6.07, 6.45) is 2.86. The first-order chi connectivity index (χ1) is 15.4. The highest BCUT2D eigenvalue weighted by molar-refractivity contribution is 7.15. The molecule has 0 aliphatic carbocycles. The molecule has 1 aliphatic heterocycles. The second-order valence-corrected chi connectivity index (χ2v) is 8.41. The minimum Gasteiger partial charge on any atom is -0.312 e. The standard InChI is InChI=1S/C21H16ClN5O4S/c22-15-6-8-16(9-7-15)26-12-14(11-19(26)29)20-24-25-21(32-20)23-18(28)10-5-13-3-1-2-4-17(13)27(30)31/h1-10,14H,11-12H2,(H,23,25,28)/b10-5+. The van der Waals surface area contributed by atoms with Gasteiger partial charge in [-0.1, -0.05) is 35.1 Å². The van der Waals surface area contributed by atoms with Crippen molar-refractivity contribution in [2.45, 2.75) is 12.3 Å². The van der Waals surface area contributed by atoms with Crippen LogP contribution in [-0.4, -0.2) is 33.5 Å². The second-order valence-electron chi connectivity index (χ2n) is 6.97. The molecule has 0 bridgehead atoms. The van der Waals surface area contributed by atoms with Gasteiger partial charge in [0.25, 0.3) is 5.69 Å². The smallest absolute Gasteiger partial charge is 0.276 e. The van der Waals surface area contributed by atoms with Gasteiger partial charge < -0.3 is 4.90 Å². The first kappa shape index (κ1) is 21.6. The van der Waals surface area contributed by atoms with Gasteiger partial charge in [0.15, 0.2) is 0 Å². The molecule has 9 nitrogen and oxygen atoms in total. The molecule has 2 heterocycles. The molecule has 1 fully saturated rings. The van der Waals surface area contributed by atoms with Crippen molar-refractivity contribution in [3.8, 4) is 0 Å². The van der Waals surface area contributed by atoms with Crippen LogP contribution in [0.25, 0.3) is 6.08 Å². The molecular weight excluding hydrogens is 454 g/mol. The summed E-state index contributed by atoms with van der Waals surface area (Å²) in [7, 11) is 0. The topological polar surface area (TPSA) is 118 Å². The maximum atomic E-state index is 12.4. The van der Waals surface area contributed by atoms with Crippen LogP contribution in [0.5, 0.6) is 0 Å². The molecule has 0 saturated carbocycles. The van der Waals surface area contributed by atoms with Crippen LogP contribution in [-0.2, 0) is 9.59 Å². The molecule has 3 aromatic rings. The van der Waals surface area contributed by atoms with Crippen LogP contribution in [0.4, 0.5) is 16.5 Å². The van der Waals surface area contributed by atoms with Crippen molar-refractivity contribution in [2.75, 3.05) is 16.8 Å². The number of anilines is 2. The molecule has 1 N–H and O–H groups in total. The lowest BCUT2D eigenvalue weighted by molar-refractivity contribution is -0.385. The summed E-state index contributed by atoms with van der Waals surface area (Å²) in [5.41, 5.74) is 0.989. The number of benzene rings is 2. The number of nitro groups is 1. The molecular formula is C21H16ClN5O4S. The lowest BCUT2D eigenvalue weighted by Gasteiger charge is -2.16. The zero-order valence-electron chi connectivity index (χ0n) is 16.5. The Hall–Kier alpha value is -3.63. The van der Waals surface area contributed by atoms with Crippen LogP contribution >= 0.6 is 22.9 Å².